The molecule has 0 saturated carbocycles. The van der Waals surface area contributed by atoms with E-state index in [4.69, 9.17) is 16.6 Å². The van der Waals surface area contributed by atoms with Crippen molar-refractivity contribution >= 4 is 40.3 Å². The lowest BCUT2D eigenvalue weighted by atomic mass is 10.0. The molecule has 0 bridgehead atoms. The smallest absolute Gasteiger partial charge is 0.247 e. The largest absolute Gasteiger partial charge is 0.325 e. The molecular formula is C26H22ClN9O2. The van der Waals surface area contributed by atoms with Crippen molar-refractivity contribution in [2.24, 2.45) is 0 Å². The highest BCUT2D eigenvalue weighted by molar-refractivity contribution is 6.31. The van der Waals surface area contributed by atoms with Crippen LogP contribution >= 0.6 is 11.6 Å². The summed E-state index contributed by atoms with van der Waals surface area (Å²) in [4.78, 5) is 42.8. The lowest BCUT2D eigenvalue weighted by Gasteiger charge is -2.38. The molecule has 12 heteroatoms. The van der Waals surface area contributed by atoms with Gasteiger partial charge in [-0.15, -0.1) is 5.10 Å². The van der Waals surface area contributed by atoms with E-state index in [0.29, 0.717) is 39.8 Å². The van der Waals surface area contributed by atoms with Crippen molar-refractivity contribution in [3.63, 3.8) is 0 Å². The van der Waals surface area contributed by atoms with Gasteiger partial charge in [-0.05, 0) is 53.2 Å². The maximum Gasteiger partial charge on any atom is 0.247 e. The molecule has 38 heavy (non-hydrogen) atoms. The van der Waals surface area contributed by atoms with E-state index >= 15 is 0 Å². The first kappa shape index (κ1) is 23.7. The van der Waals surface area contributed by atoms with Gasteiger partial charge in [-0.1, -0.05) is 41.9 Å². The molecule has 1 aliphatic rings. The van der Waals surface area contributed by atoms with Gasteiger partial charge >= 0.3 is 0 Å². The standard InChI is InChI=1S/C26H22ClN9O2/c1-16-7-9-19-25(29-16)31-26(30-19)22(11-17-5-3-2-4-6-17)35-14-23(37)34(13-24(35)38)21-12-18(27)8-10-20(21)36-15-28-32-33-36/h2-10,12,15,22H,11,13-14H2,1H3,(H,29,30,31). The maximum atomic E-state index is 13.7. The Bertz CT molecular complexity index is 1640. The lowest BCUT2D eigenvalue weighted by Crippen LogP contribution is -2.55. The van der Waals surface area contributed by atoms with Gasteiger partial charge < -0.3 is 9.88 Å². The highest BCUT2D eigenvalue weighted by Gasteiger charge is 2.38. The molecule has 2 aromatic carbocycles. The summed E-state index contributed by atoms with van der Waals surface area (Å²) in [5.41, 5.74) is 4.19. The third-order valence-electron chi connectivity index (χ3n) is 6.51. The highest BCUT2D eigenvalue weighted by Crippen LogP contribution is 2.32. The summed E-state index contributed by atoms with van der Waals surface area (Å²) in [5, 5.41) is 11.7. The van der Waals surface area contributed by atoms with E-state index in [2.05, 4.69) is 25.5 Å². The second-order valence-electron chi connectivity index (χ2n) is 9.04. The molecule has 1 saturated heterocycles. The molecule has 1 unspecified atom stereocenters. The molecule has 3 aromatic heterocycles. The van der Waals surface area contributed by atoms with Crippen molar-refractivity contribution in [3.05, 3.63) is 89.1 Å². The topological polar surface area (TPSA) is 126 Å². The number of imidazole rings is 1. The van der Waals surface area contributed by atoms with Crippen molar-refractivity contribution in [3.8, 4) is 5.69 Å². The summed E-state index contributed by atoms with van der Waals surface area (Å²) >= 11 is 6.27. The van der Waals surface area contributed by atoms with E-state index < -0.39 is 6.04 Å². The van der Waals surface area contributed by atoms with E-state index in [1.165, 1.54) is 15.9 Å². The number of aryl methyl sites for hydroxylation is 1. The number of carbonyl (C=O) groups excluding carboxylic acids is 2. The van der Waals surface area contributed by atoms with Crippen molar-refractivity contribution < 1.29 is 9.59 Å². The van der Waals surface area contributed by atoms with Gasteiger partial charge in [0.1, 0.15) is 30.8 Å². The molecule has 1 atom stereocenters. The third-order valence-corrected chi connectivity index (χ3v) is 6.74. The Morgan fingerprint density at radius 2 is 1.82 bits per heavy atom. The van der Waals surface area contributed by atoms with Crippen LogP contribution in [0.4, 0.5) is 5.69 Å². The summed E-state index contributed by atoms with van der Waals surface area (Å²) in [6.45, 7) is 1.60. The molecule has 190 valence electrons. The molecule has 2 amide bonds. The number of carbonyl (C=O) groups is 2. The summed E-state index contributed by atoms with van der Waals surface area (Å²) in [6.07, 6.45) is 1.90. The Morgan fingerprint density at radius 1 is 0.974 bits per heavy atom. The van der Waals surface area contributed by atoms with Gasteiger partial charge in [-0.2, -0.15) is 4.68 Å². The Hall–Kier alpha value is -4.64. The Balaban J connectivity index is 1.36. The number of halogens is 1. The Labute approximate surface area is 222 Å². The van der Waals surface area contributed by atoms with Gasteiger partial charge in [0, 0.05) is 17.1 Å². The van der Waals surface area contributed by atoms with Crippen LogP contribution in [0.5, 0.6) is 0 Å². The number of hydrogen-bond acceptors (Lipinski definition) is 7. The monoisotopic (exact) mass is 527 g/mol. The Morgan fingerprint density at radius 3 is 2.61 bits per heavy atom. The van der Waals surface area contributed by atoms with Gasteiger partial charge in [0.25, 0.3) is 0 Å². The van der Waals surface area contributed by atoms with Crippen LogP contribution in [-0.4, -0.2) is 65.0 Å². The molecular weight excluding hydrogens is 506 g/mol. The molecule has 11 nitrogen and oxygen atoms in total. The maximum absolute atomic E-state index is 13.7. The first-order chi connectivity index (χ1) is 18.5. The van der Waals surface area contributed by atoms with E-state index in [1.807, 2.05) is 49.4 Å². The Kier molecular flexibility index (Phi) is 6.04. The molecule has 1 N–H and O–H groups in total. The van der Waals surface area contributed by atoms with Gasteiger partial charge in [0.15, 0.2) is 5.65 Å². The van der Waals surface area contributed by atoms with Crippen molar-refractivity contribution in [2.45, 2.75) is 19.4 Å². The van der Waals surface area contributed by atoms with Crippen LogP contribution in [0.2, 0.25) is 5.02 Å². The van der Waals surface area contributed by atoms with E-state index in [-0.39, 0.29) is 24.9 Å². The number of amides is 2. The number of H-pyrrole nitrogens is 1. The predicted molar refractivity (Wildman–Crippen MR) is 140 cm³/mol. The normalized spacial score (nSPS) is 14.9. The SMILES string of the molecule is Cc1ccc2nc(C(Cc3ccccc3)N3CC(=O)N(c4cc(Cl)ccc4-n4cnnn4)CC3=O)[nH]c2n1. The van der Waals surface area contributed by atoms with Crippen LogP contribution in [0.25, 0.3) is 16.9 Å². The zero-order chi connectivity index (χ0) is 26.2. The van der Waals surface area contributed by atoms with E-state index in [9.17, 15) is 9.59 Å². The minimum Gasteiger partial charge on any atom is -0.325 e. The fourth-order valence-electron chi connectivity index (χ4n) is 4.68. The minimum absolute atomic E-state index is 0.138. The van der Waals surface area contributed by atoms with Gasteiger partial charge in [-0.3, -0.25) is 14.5 Å². The van der Waals surface area contributed by atoms with Crippen LogP contribution in [0.1, 0.15) is 23.1 Å². The minimum atomic E-state index is -0.496. The molecule has 1 fully saturated rings. The van der Waals surface area contributed by atoms with Crippen LogP contribution < -0.4 is 4.90 Å². The van der Waals surface area contributed by atoms with Crippen molar-refractivity contribution in [1.82, 2.24) is 40.1 Å². The molecule has 1 aliphatic heterocycles. The summed E-state index contributed by atoms with van der Waals surface area (Å²) in [7, 11) is 0. The molecule has 0 aliphatic carbocycles. The molecule has 6 rings (SSSR count). The van der Waals surface area contributed by atoms with Crippen LogP contribution in [-0.2, 0) is 16.0 Å². The van der Waals surface area contributed by atoms with Gasteiger partial charge in [0.2, 0.25) is 11.8 Å². The second-order valence-corrected chi connectivity index (χ2v) is 9.47. The number of fused-ring (bicyclic) bond motifs is 1. The van der Waals surface area contributed by atoms with Crippen LogP contribution in [0.3, 0.4) is 0 Å². The number of aromatic nitrogens is 7. The average molecular weight is 528 g/mol. The summed E-state index contributed by atoms with van der Waals surface area (Å²) in [5.74, 6) is 0.0933. The number of hydrogen-bond donors (Lipinski definition) is 1. The first-order valence-corrected chi connectivity index (χ1v) is 12.3. The number of benzene rings is 2. The van der Waals surface area contributed by atoms with Crippen LogP contribution in [0.15, 0.2) is 67.0 Å². The number of anilines is 1. The van der Waals surface area contributed by atoms with Crippen LogP contribution in [0, 0.1) is 6.92 Å². The number of nitrogens with zero attached hydrogens (tertiary/aromatic N) is 8. The van der Waals surface area contributed by atoms with E-state index in [0.717, 1.165) is 11.3 Å². The molecule has 0 radical (unpaired) electrons. The van der Waals surface area contributed by atoms with Gasteiger partial charge in [-0.25, -0.2) is 9.97 Å². The number of tetrazole rings is 1. The van der Waals surface area contributed by atoms with E-state index in [1.54, 1.807) is 23.1 Å². The highest BCUT2D eigenvalue weighted by atomic mass is 35.5. The first-order valence-electron chi connectivity index (χ1n) is 12.0. The number of pyridine rings is 1. The molecule has 5 aromatic rings. The summed E-state index contributed by atoms with van der Waals surface area (Å²) in [6, 6.07) is 18.1. The fraction of sp³-hybridized carbons (Fsp3) is 0.192. The quantitative estimate of drug-likeness (QED) is 0.359. The zero-order valence-electron chi connectivity index (χ0n) is 20.3. The third kappa shape index (κ3) is 4.48. The predicted octanol–water partition coefficient (Wildman–Crippen LogP) is 3.05. The average Bonchev–Trinajstić information content (AvgIpc) is 3.59. The fourth-order valence-corrected chi connectivity index (χ4v) is 4.84. The number of aromatic amines is 1. The van der Waals surface area contributed by atoms with Gasteiger partial charge in [0.05, 0.1) is 17.4 Å². The number of piperazine rings is 1. The molecule has 4 heterocycles. The van der Waals surface area contributed by atoms with Crippen molar-refractivity contribution in [2.75, 3.05) is 18.0 Å². The number of rotatable bonds is 6. The van der Waals surface area contributed by atoms with Crippen molar-refractivity contribution in [1.29, 1.82) is 0 Å². The summed E-state index contributed by atoms with van der Waals surface area (Å²) < 4.78 is 1.43. The zero-order valence-corrected chi connectivity index (χ0v) is 21.1. The lowest BCUT2D eigenvalue weighted by molar-refractivity contribution is -0.141. The second kappa shape index (κ2) is 9.67. The number of nitrogens with one attached hydrogen (secondary N) is 1. The molecule has 0 spiro atoms.